The lowest BCUT2D eigenvalue weighted by molar-refractivity contribution is -0.274. The highest BCUT2D eigenvalue weighted by Gasteiger charge is 2.32. The minimum Gasteiger partial charge on any atom is -0.403 e. The molecule has 1 aromatic carbocycles. The molecule has 1 heterocycles. The highest BCUT2D eigenvalue weighted by molar-refractivity contribution is 5.95. The molecule has 0 saturated carbocycles. The number of carbonyl (C=O) groups is 1. The number of alkyl halides is 3. The van der Waals surface area contributed by atoms with Crippen LogP contribution in [-0.2, 0) is 0 Å². The van der Waals surface area contributed by atoms with Crippen molar-refractivity contribution in [2.24, 2.45) is 0 Å². The molecule has 1 aromatic heterocycles. The van der Waals surface area contributed by atoms with Gasteiger partial charge in [-0.05, 0) is 26.0 Å². The molecule has 5 nitrogen and oxygen atoms in total. The Morgan fingerprint density at radius 1 is 1.40 bits per heavy atom. The van der Waals surface area contributed by atoms with Gasteiger partial charge in [-0.2, -0.15) is 0 Å². The number of halogens is 3. The minimum absolute atomic E-state index is 0.0428. The number of hydrogen-bond donors (Lipinski definition) is 2. The van der Waals surface area contributed by atoms with Crippen LogP contribution in [0.25, 0.3) is 11.0 Å². The second-order valence-electron chi connectivity index (χ2n) is 4.41. The van der Waals surface area contributed by atoms with Gasteiger partial charge in [-0.3, -0.25) is 4.79 Å². The third-order valence-electron chi connectivity index (χ3n) is 2.34. The first kappa shape index (κ1) is 14.2. The van der Waals surface area contributed by atoms with Gasteiger partial charge >= 0.3 is 6.36 Å². The molecule has 2 N–H and O–H groups in total. The number of nitrogens with one attached hydrogen (secondary N) is 2. The molecule has 0 spiro atoms. The average molecular weight is 287 g/mol. The summed E-state index contributed by atoms with van der Waals surface area (Å²) >= 11 is 0. The fourth-order valence-electron chi connectivity index (χ4n) is 1.65. The Balaban J connectivity index is 2.38. The van der Waals surface area contributed by atoms with E-state index < -0.39 is 18.0 Å². The van der Waals surface area contributed by atoms with Crippen LogP contribution in [0.3, 0.4) is 0 Å². The summed E-state index contributed by atoms with van der Waals surface area (Å²) in [5.41, 5.74) is 0.249. The van der Waals surface area contributed by atoms with Crippen LogP contribution in [0.1, 0.15) is 24.5 Å². The van der Waals surface area contributed by atoms with Crippen molar-refractivity contribution >= 4 is 16.9 Å². The van der Waals surface area contributed by atoms with Gasteiger partial charge in [-0.15, -0.1) is 13.2 Å². The number of hydrogen-bond acceptors (Lipinski definition) is 3. The smallest absolute Gasteiger partial charge is 0.403 e. The van der Waals surface area contributed by atoms with Crippen LogP contribution in [0.2, 0.25) is 0 Å². The van der Waals surface area contributed by atoms with E-state index in [1.165, 1.54) is 12.1 Å². The van der Waals surface area contributed by atoms with Gasteiger partial charge in [0.1, 0.15) is 5.52 Å². The number of nitrogens with zero attached hydrogens (tertiary/aromatic N) is 1. The van der Waals surface area contributed by atoms with Crippen LogP contribution in [-0.4, -0.2) is 28.3 Å². The molecule has 108 valence electrons. The molecule has 2 rings (SSSR count). The summed E-state index contributed by atoms with van der Waals surface area (Å²) in [6, 6.07) is 3.92. The van der Waals surface area contributed by atoms with E-state index in [4.69, 9.17) is 0 Å². The first-order chi connectivity index (χ1) is 9.26. The molecule has 0 atom stereocenters. The monoisotopic (exact) mass is 287 g/mol. The van der Waals surface area contributed by atoms with Crippen molar-refractivity contribution in [1.29, 1.82) is 0 Å². The minimum atomic E-state index is -4.81. The van der Waals surface area contributed by atoms with Crippen molar-refractivity contribution in [3.63, 3.8) is 0 Å². The van der Waals surface area contributed by atoms with Crippen LogP contribution in [0.5, 0.6) is 5.75 Å². The molecule has 0 aliphatic carbocycles. The summed E-state index contributed by atoms with van der Waals surface area (Å²) in [6.45, 7) is 3.53. The normalized spacial score (nSPS) is 11.9. The lowest BCUT2D eigenvalue weighted by Crippen LogP contribution is -2.30. The van der Waals surface area contributed by atoms with Crippen molar-refractivity contribution in [3.05, 3.63) is 24.0 Å². The number of amides is 1. The van der Waals surface area contributed by atoms with Crippen molar-refractivity contribution in [2.75, 3.05) is 0 Å². The number of aromatic amines is 1. The van der Waals surface area contributed by atoms with E-state index in [-0.39, 0.29) is 17.4 Å². The third-order valence-corrected chi connectivity index (χ3v) is 2.34. The molecular formula is C12H12F3N3O2. The Morgan fingerprint density at radius 3 is 2.70 bits per heavy atom. The number of ether oxygens (including phenoxy) is 1. The van der Waals surface area contributed by atoms with Crippen molar-refractivity contribution in [1.82, 2.24) is 15.3 Å². The Bertz CT molecular complexity index is 634. The third kappa shape index (κ3) is 3.19. The van der Waals surface area contributed by atoms with E-state index in [0.29, 0.717) is 5.52 Å². The Labute approximate surface area is 112 Å². The maximum atomic E-state index is 12.3. The zero-order valence-electron chi connectivity index (χ0n) is 10.7. The van der Waals surface area contributed by atoms with Crippen LogP contribution >= 0.6 is 0 Å². The van der Waals surface area contributed by atoms with Crippen LogP contribution in [0, 0.1) is 0 Å². The summed E-state index contributed by atoms with van der Waals surface area (Å²) < 4.78 is 40.7. The quantitative estimate of drug-likeness (QED) is 0.911. The number of imidazole rings is 1. The average Bonchev–Trinajstić information content (AvgIpc) is 2.71. The molecule has 0 bridgehead atoms. The maximum absolute atomic E-state index is 12.3. The first-order valence-corrected chi connectivity index (χ1v) is 5.81. The second-order valence-corrected chi connectivity index (χ2v) is 4.41. The fraction of sp³-hybridized carbons (Fsp3) is 0.333. The molecule has 8 heteroatoms. The van der Waals surface area contributed by atoms with Gasteiger partial charge in [0.15, 0.2) is 11.6 Å². The number of rotatable bonds is 3. The molecule has 2 aromatic rings. The molecule has 0 unspecified atom stereocenters. The summed E-state index contributed by atoms with van der Waals surface area (Å²) in [4.78, 5) is 18.3. The van der Waals surface area contributed by atoms with E-state index in [1.807, 2.05) is 0 Å². The van der Waals surface area contributed by atoms with Crippen molar-refractivity contribution < 1.29 is 22.7 Å². The molecule has 0 fully saturated rings. The number of benzene rings is 1. The fourth-order valence-corrected chi connectivity index (χ4v) is 1.65. The van der Waals surface area contributed by atoms with E-state index in [2.05, 4.69) is 20.0 Å². The van der Waals surface area contributed by atoms with Crippen LogP contribution in [0.4, 0.5) is 13.2 Å². The first-order valence-electron chi connectivity index (χ1n) is 5.81. The second kappa shape index (κ2) is 5.03. The number of aromatic nitrogens is 2. The van der Waals surface area contributed by atoms with Gasteiger partial charge in [0.2, 0.25) is 0 Å². The van der Waals surface area contributed by atoms with E-state index in [1.54, 1.807) is 13.8 Å². The topological polar surface area (TPSA) is 67.0 Å². The van der Waals surface area contributed by atoms with Gasteiger partial charge in [-0.25, -0.2) is 4.98 Å². The van der Waals surface area contributed by atoms with E-state index >= 15 is 0 Å². The van der Waals surface area contributed by atoms with Crippen molar-refractivity contribution in [3.8, 4) is 5.75 Å². The molecular weight excluding hydrogens is 275 g/mol. The number of para-hydroxylation sites is 1. The number of fused-ring (bicyclic) bond motifs is 1. The Morgan fingerprint density at radius 2 is 2.10 bits per heavy atom. The Kier molecular flexibility index (Phi) is 3.56. The van der Waals surface area contributed by atoms with Gasteiger partial charge in [0.25, 0.3) is 5.91 Å². The van der Waals surface area contributed by atoms with Crippen LogP contribution < -0.4 is 10.1 Å². The predicted octanol–water partition coefficient (Wildman–Crippen LogP) is 2.60. The van der Waals surface area contributed by atoms with Gasteiger partial charge < -0.3 is 15.0 Å². The molecule has 0 saturated heterocycles. The predicted molar refractivity (Wildman–Crippen MR) is 65.4 cm³/mol. The summed E-state index contributed by atoms with van der Waals surface area (Å²) in [5.74, 6) is -1.00. The lowest BCUT2D eigenvalue weighted by atomic mass is 10.3. The lowest BCUT2D eigenvalue weighted by Gasteiger charge is -2.08. The SMILES string of the molecule is CC(C)NC(=O)c1nc2c(OC(F)(F)F)cccc2[nH]1. The molecule has 1 amide bonds. The molecule has 0 aliphatic heterocycles. The molecule has 0 aliphatic rings. The summed E-state index contributed by atoms with van der Waals surface area (Å²) in [5, 5.41) is 2.59. The van der Waals surface area contributed by atoms with Gasteiger partial charge in [0.05, 0.1) is 5.52 Å². The highest BCUT2D eigenvalue weighted by atomic mass is 19.4. The molecule has 20 heavy (non-hydrogen) atoms. The van der Waals surface area contributed by atoms with Gasteiger partial charge in [-0.1, -0.05) is 6.07 Å². The zero-order valence-corrected chi connectivity index (χ0v) is 10.7. The Hall–Kier alpha value is -2.25. The summed E-state index contributed by atoms with van der Waals surface area (Å²) in [7, 11) is 0. The zero-order chi connectivity index (χ0) is 14.9. The summed E-state index contributed by atoms with van der Waals surface area (Å²) in [6.07, 6.45) is -4.81. The van der Waals surface area contributed by atoms with Crippen molar-refractivity contribution in [2.45, 2.75) is 26.3 Å². The number of H-pyrrole nitrogens is 1. The maximum Gasteiger partial charge on any atom is 0.573 e. The highest BCUT2D eigenvalue weighted by Crippen LogP contribution is 2.29. The van der Waals surface area contributed by atoms with Gasteiger partial charge in [0, 0.05) is 6.04 Å². The van der Waals surface area contributed by atoms with E-state index in [9.17, 15) is 18.0 Å². The largest absolute Gasteiger partial charge is 0.573 e. The molecule has 0 radical (unpaired) electrons. The van der Waals surface area contributed by atoms with Crippen LogP contribution in [0.15, 0.2) is 18.2 Å². The standard InChI is InChI=1S/C12H12F3N3O2/c1-6(2)16-11(19)10-17-7-4-3-5-8(9(7)18-10)20-12(13,14)15/h3-6H,1-2H3,(H,16,19)(H,17,18). The van der Waals surface area contributed by atoms with E-state index in [0.717, 1.165) is 6.07 Å². The number of carbonyl (C=O) groups excluding carboxylic acids is 1.